The quantitative estimate of drug-likeness (QED) is 0.618. The van der Waals surface area contributed by atoms with Crippen LogP contribution in [0.2, 0.25) is 0 Å². The van der Waals surface area contributed by atoms with Crippen LogP contribution >= 0.6 is 0 Å². The fourth-order valence-electron chi connectivity index (χ4n) is 0.827. The van der Waals surface area contributed by atoms with E-state index in [9.17, 15) is 4.79 Å². The number of nitrogens with zero attached hydrogens (tertiary/aromatic N) is 1. The Morgan fingerprint density at radius 1 is 1.60 bits per heavy atom. The number of aromatic hydroxyl groups is 1. The molecule has 0 amide bonds. The van der Waals surface area contributed by atoms with Gasteiger partial charge in [-0.05, 0) is 13.0 Å². The molecule has 0 unspecified atom stereocenters. The molecule has 0 saturated carbocycles. The molecule has 0 atom stereocenters. The van der Waals surface area contributed by atoms with E-state index in [1.54, 1.807) is 6.92 Å². The maximum Gasteiger partial charge on any atom is 0.253 e. The molecule has 0 aromatic carbocycles. The first-order valence-corrected chi connectivity index (χ1v) is 3.14. The van der Waals surface area contributed by atoms with Gasteiger partial charge in [0.1, 0.15) is 0 Å². The Bertz CT molecular complexity index is 277. The maximum absolute atomic E-state index is 10.9. The molecule has 0 fully saturated rings. The monoisotopic (exact) mass is 139 g/mol. The minimum atomic E-state index is -0.164. The molecule has 10 heavy (non-hydrogen) atoms. The van der Waals surface area contributed by atoms with Crippen LogP contribution in [0.1, 0.15) is 6.92 Å². The van der Waals surface area contributed by atoms with Gasteiger partial charge in [0.15, 0.2) is 5.88 Å². The Hall–Kier alpha value is -1.25. The van der Waals surface area contributed by atoms with Gasteiger partial charge in [0, 0.05) is 12.6 Å². The van der Waals surface area contributed by atoms with E-state index in [0.717, 1.165) is 0 Å². The highest BCUT2D eigenvalue weighted by Gasteiger charge is 1.95. The molecule has 0 radical (unpaired) electrons. The van der Waals surface area contributed by atoms with Gasteiger partial charge < -0.3 is 5.11 Å². The summed E-state index contributed by atoms with van der Waals surface area (Å²) in [7, 11) is 0. The number of rotatable bonds is 1. The average molecular weight is 139 g/mol. The van der Waals surface area contributed by atoms with Crippen LogP contribution in [-0.2, 0) is 6.54 Å². The van der Waals surface area contributed by atoms with Gasteiger partial charge in [0.25, 0.3) is 5.56 Å². The zero-order valence-electron chi connectivity index (χ0n) is 5.74. The normalized spacial score (nSPS) is 9.70. The van der Waals surface area contributed by atoms with E-state index in [0.29, 0.717) is 6.54 Å². The van der Waals surface area contributed by atoms with Gasteiger partial charge in [-0.15, -0.1) is 0 Å². The minimum absolute atomic E-state index is 0.0231. The Labute approximate surface area is 58.5 Å². The van der Waals surface area contributed by atoms with Crippen LogP contribution in [0.3, 0.4) is 0 Å². The molecule has 3 heteroatoms. The summed E-state index contributed by atoms with van der Waals surface area (Å²) in [5, 5.41) is 9.05. The van der Waals surface area contributed by atoms with Crippen LogP contribution in [0.15, 0.2) is 23.0 Å². The van der Waals surface area contributed by atoms with Gasteiger partial charge in [-0.2, -0.15) is 0 Å². The van der Waals surface area contributed by atoms with Crippen molar-refractivity contribution in [2.24, 2.45) is 0 Å². The first-order valence-electron chi connectivity index (χ1n) is 3.14. The predicted molar refractivity (Wildman–Crippen MR) is 38.0 cm³/mol. The first-order chi connectivity index (χ1) is 4.75. The third kappa shape index (κ3) is 1.03. The van der Waals surface area contributed by atoms with Crippen molar-refractivity contribution in [1.82, 2.24) is 4.57 Å². The van der Waals surface area contributed by atoms with Crippen molar-refractivity contribution in [3.63, 3.8) is 0 Å². The second kappa shape index (κ2) is 2.56. The summed E-state index contributed by atoms with van der Waals surface area (Å²) < 4.78 is 1.29. The van der Waals surface area contributed by atoms with E-state index in [1.807, 2.05) is 0 Å². The van der Waals surface area contributed by atoms with Gasteiger partial charge in [0.2, 0.25) is 0 Å². The largest absolute Gasteiger partial charge is 0.494 e. The summed E-state index contributed by atoms with van der Waals surface area (Å²) in [6, 6.07) is 4.44. The zero-order chi connectivity index (χ0) is 7.56. The summed E-state index contributed by atoms with van der Waals surface area (Å²) in [4.78, 5) is 10.9. The van der Waals surface area contributed by atoms with Crippen LogP contribution in [0.4, 0.5) is 0 Å². The third-order valence-electron chi connectivity index (χ3n) is 1.34. The summed E-state index contributed by atoms with van der Waals surface area (Å²) in [6.07, 6.45) is 0. The van der Waals surface area contributed by atoms with Crippen LogP contribution in [0.25, 0.3) is 0 Å². The second-order valence-electron chi connectivity index (χ2n) is 1.97. The van der Waals surface area contributed by atoms with Crippen molar-refractivity contribution in [3.8, 4) is 5.88 Å². The van der Waals surface area contributed by atoms with Crippen LogP contribution in [-0.4, -0.2) is 9.67 Å². The molecule has 0 aliphatic heterocycles. The number of pyridine rings is 1. The molecule has 1 aromatic heterocycles. The highest BCUT2D eigenvalue weighted by atomic mass is 16.3. The number of aromatic nitrogens is 1. The minimum Gasteiger partial charge on any atom is -0.494 e. The molecule has 3 nitrogen and oxygen atoms in total. The lowest BCUT2D eigenvalue weighted by molar-refractivity contribution is 0.411. The SMILES string of the molecule is CCn1c(O)cccc1=O. The Morgan fingerprint density at radius 2 is 2.30 bits per heavy atom. The molecule has 0 aliphatic rings. The highest BCUT2D eigenvalue weighted by Crippen LogP contribution is 2.01. The van der Waals surface area contributed by atoms with Crippen LogP contribution in [0, 0.1) is 0 Å². The number of hydrogen-bond donors (Lipinski definition) is 1. The Morgan fingerprint density at radius 3 is 2.70 bits per heavy atom. The Balaban J connectivity index is 3.31. The smallest absolute Gasteiger partial charge is 0.253 e. The summed E-state index contributed by atoms with van der Waals surface area (Å²) in [5.41, 5.74) is -0.164. The van der Waals surface area contributed by atoms with Crippen molar-refractivity contribution in [1.29, 1.82) is 0 Å². The fraction of sp³-hybridized carbons (Fsp3) is 0.286. The van der Waals surface area contributed by atoms with Gasteiger partial charge in [-0.3, -0.25) is 9.36 Å². The van der Waals surface area contributed by atoms with Gasteiger partial charge >= 0.3 is 0 Å². The second-order valence-corrected chi connectivity index (χ2v) is 1.97. The lowest BCUT2D eigenvalue weighted by Crippen LogP contribution is -2.16. The summed E-state index contributed by atoms with van der Waals surface area (Å²) >= 11 is 0. The van der Waals surface area contributed by atoms with Crippen LogP contribution < -0.4 is 5.56 Å². The molecule has 54 valence electrons. The number of hydrogen-bond acceptors (Lipinski definition) is 2. The summed E-state index contributed by atoms with van der Waals surface area (Å²) in [6.45, 7) is 2.31. The van der Waals surface area contributed by atoms with Crippen molar-refractivity contribution in [2.75, 3.05) is 0 Å². The molecule has 1 heterocycles. The lowest BCUT2D eigenvalue weighted by Gasteiger charge is -2.01. The third-order valence-corrected chi connectivity index (χ3v) is 1.34. The lowest BCUT2D eigenvalue weighted by atomic mass is 10.4. The zero-order valence-corrected chi connectivity index (χ0v) is 5.74. The molecule has 1 N–H and O–H groups in total. The predicted octanol–water partition coefficient (Wildman–Crippen LogP) is 0.574. The molecule has 0 aliphatic carbocycles. The first kappa shape index (κ1) is 6.86. The van der Waals surface area contributed by atoms with Crippen molar-refractivity contribution in [3.05, 3.63) is 28.6 Å². The van der Waals surface area contributed by atoms with E-state index in [4.69, 9.17) is 5.11 Å². The van der Waals surface area contributed by atoms with Crippen LogP contribution in [0.5, 0.6) is 5.88 Å². The van der Waals surface area contributed by atoms with Crippen molar-refractivity contribution < 1.29 is 5.11 Å². The van der Waals surface area contributed by atoms with E-state index in [2.05, 4.69) is 0 Å². The average Bonchev–Trinajstić information content (AvgIpc) is 1.88. The maximum atomic E-state index is 10.9. The van der Waals surface area contributed by atoms with E-state index in [1.165, 1.54) is 22.8 Å². The van der Waals surface area contributed by atoms with Crippen molar-refractivity contribution >= 4 is 0 Å². The molecule has 0 saturated heterocycles. The molecule has 1 rings (SSSR count). The topological polar surface area (TPSA) is 42.2 Å². The molecular formula is C7H9NO2. The van der Waals surface area contributed by atoms with Crippen molar-refractivity contribution in [2.45, 2.75) is 13.5 Å². The van der Waals surface area contributed by atoms with E-state index < -0.39 is 0 Å². The fourth-order valence-corrected chi connectivity index (χ4v) is 0.827. The molecular weight excluding hydrogens is 130 g/mol. The van der Waals surface area contributed by atoms with E-state index in [-0.39, 0.29) is 11.4 Å². The Kier molecular flexibility index (Phi) is 1.76. The van der Waals surface area contributed by atoms with Gasteiger partial charge in [-0.25, -0.2) is 0 Å². The molecule has 1 aromatic rings. The standard InChI is InChI=1S/C7H9NO2/c1-2-8-6(9)4-3-5-7(8)10/h3-5,9H,2H2,1H3. The van der Waals surface area contributed by atoms with Gasteiger partial charge in [0.05, 0.1) is 0 Å². The highest BCUT2D eigenvalue weighted by molar-refractivity contribution is 5.10. The summed E-state index contributed by atoms with van der Waals surface area (Å²) in [5.74, 6) is 0.0231. The van der Waals surface area contributed by atoms with Gasteiger partial charge in [-0.1, -0.05) is 6.07 Å². The van der Waals surface area contributed by atoms with E-state index >= 15 is 0 Å². The molecule has 0 spiro atoms. The molecule has 0 bridgehead atoms.